The Morgan fingerprint density at radius 3 is 2.44 bits per heavy atom. The van der Waals surface area contributed by atoms with Crippen molar-refractivity contribution in [2.45, 2.75) is 4.90 Å². The molecule has 0 aromatic heterocycles. The van der Waals surface area contributed by atoms with Crippen molar-refractivity contribution in [2.24, 2.45) is 0 Å². The minimum atomic E-state index is -4.10. The smallest absolute Gasteiger partial charge is 0.339 e. The van der Waals surface area contributed by atoms with Crippen LogP contribution in [0.1, 0.15) is 5.56 Å². The first kappa shape index (κ1) is 23.3. The molecule has 162 valence electrons. The van der Waals surface area contributed by atoms with Gasteiger partial charge in [0.1, 0.15) is 16.5 Å². The molecule has 0 fully saturated rings. The van der Waals surface area contributed by atoms with E-state index in [4.69, 9.17) is 8.92 Å². The highest BCUT2D eigenvalue weighted by molar-refractivity contribution is 14.1. The number of methoxy groups -OCH3 is 1. The number of anilines is 1. The molecule has 0 aliphatic carbocycles. The second kappa shape index (κ2) is 10.3. The van der Waals surface area contributed by atoms with Gasteiger partial charge in [0.2, 0.25) is 0 Å². The molecule has 0 spiro atoms. The molecule has 1 amide bonds. The molecular formula is C23H17IN2O5S. The van der Waals surface area contributed by atoms with E-state index in [0.717, 1.165) is 3.57 Å². The van der Waals surface area contributed by atoms with Gasteiger partial charge in [-0.25, -0.2) is 0 Å². The van der Waals surface area contributed by atoms with Crippen molar-refractivity contribution in [3.63, 3.8) is 0 Å². The Morgan fingerprint density at radius 1 is 1.03 bits per heavy atom. The van der Waals surface area contributed by atoms with Crippen LogP contribution in [0.25, 0.3) is 6.08 Å². The number of carbonyl (C=O) groups excluding carboxylic acids is 1. The third-order valence-electron chi connectivity index (χ3n) is 4.18. The zero-order valence-electron chi connectivity index (χ0n) is 16.8. The lowest BCUT2D eigenvalue weighted by atomic mass is 10.1. The van der Waals surface area contributed by atoms with Gasteiger partial charge in [-0.2, -0.15) is 13.7 Å². The van der Waals surface area contributed by atoms with E-state index in [0.29, 0.717) is 11.3 Å². The Balaban J connectivity index is 1.90. The fourth-order valence-electron chi connectivity index (χ4n) is 2.68. The highest BCUT2D eigenvalue weighted by atomic mass is 127. The zero-order valence-corrected chi connectivity index (χ0v) is 19.8. The summed E-state index contributed by atoms with van der Waals surface area (Å²) in [6, 6.07) is 21.1. The van der Waals surface area contributed by atoms with Crippen molar-refractivity contribution in [1.82, 2.24) is 0 Å². The Kier molecular flexibility index (Phi) is 7.50. The van der Waals surface area contributed by atoms with Crippen LogP contribution in [0.4, 0.5) is 5.69 Å². The van der Waals surface area contributed by atoms with E-state index in [1.54, 1.807) is 42.5 Å². The van der Waals surface area contributed by atoms with Crippen molar-refractivity contribution in [2.75, 3.05) is 12.4 Å². The van der Waals surface area contributed by atoms with Crippen LogP contribution in [-0.4, -0.2) is 21.4 Å². The number of rotatable bonds is 7. The maximum Gasteiger partial charge on any atom is 0.339 e. The standard InChI is InChI=1S/C23H17IN2O5S/c1-30-21-11-10-16(13-22(21)31-32(28,29)20-8-3-2-4-9-20)12-17(15-25)23(27)26-19-7-5-6-18(24)14-19/h2-14H,1H3,(H,26,27)/b17-12+. The third kappa shape index (κ3) is 5.87. The number of halogens is 1. The fourth-order valence-corrected chi connectivity index (χ4v) is 4.18. The van der Waals surface area contributed by atoms with Gasteiger partial charge in [-0.3, -0.25) is 4.79 Å². The second-order valence-corrected chi connectivity index (χ2v) is 9.19. The summed E-state index contributed by atoms with van der Waals surface area (Å²) < 4.78 is 36.6. The van der Waals surface area contributed by atoms with Crippen LogP contribution < -0.4 is 14.2 Å². The van der Waals surface area contributed by atoms with E-state index in [2.05, 4.69) is 27.9 Å². The number of hydrogen-bond donors (Lipinski definition) is 1. The minimum absolute atomic E-state index is 0.0161. The van der Waals surface area contributed by atoms with Crippen LogP contribution in [0.2, 0.25) is 0 Å². The van der Waals surface area contributed by atoms with Gasteiger partial charge in [-0.1, -0.05) is 30.3 Å². The van der Waals surface area contributed by atoms with Gasteiger partial charge in [0.15, 0.2) is 11.5 Å². The lowest BCUT2D eigenvalue weighted by Crippen LogP contribution is -2.13. The number of hydrogen-bond acceptors (Lipinski definition) is 6. The normalized spacial score (nSPS) is 11.3. The predicted molar refractivity (Wildman–Crippen MR) is 129 cm³/mol. The van der Waals surface area contributed by atoms with Crippen LogP contribution in [0.15, 0.2) is 83.3 Å². The molecule has 0 saturated heterocycles. The average Bonchev–Trinajstić information content (AvgIpc) is 2.78. The van der Waals surface area contributed by atoms with Crippen molar-refractivity contribution in [3.8, 4) is 17.6 Å². The first-order valence-electron chi connectivity index (χ1n) is 9.18. The Bertz CT molecular complexity index is 1320. The molecule has 0 bridgehead atoms. The van der Waals surface area contributed by atoms with Crippen LogP contribution in [0.5, 0.6) is 11.5 Å². The summed E-state index contributed by atoms with van der Waals surface area (Å²) in [5.74, 6) is -0.478. The number of nitriles is 1. The Labute approximate surface area is 199 Å². The van der Waals surface area contributed by atoms with Crippen molar-refractivity contribution < 1.29 is 22.1 Å². The quantitative estimate of drug-likeness (QED) is 0.196. The van der Waals surface area contributed by atoms with Crippen LogP contribution >= 0.6 is 22.6 Å². The minimum Gasteiger partial charge on any atom is -0.493 e. The summed E-state index contributed by atoms with van der Waals surface area (Å²) >= 11 is 2.12. The molecule has 9 heteroatoms. The molecule has 3 aromatic rings. The SMILES string of the molecule is COc1ccc(/C=C(\C#N)C(=O)Nc2cccc(I)c2)cc1OS(=O)(=O)c1ccccc1. The van der Waals surface area contributed by atoms with Gasteiger partial charge in [-0.05, 0) is 76.7 Å². The number of carbonyl (C=O) groups is 1. The van der Waals surface area contributed by atoms with Crippen LogP contribution in [0.3, 0.4) is 0 Å². The largest absolute Gasteiger partial charge is 0.493 e. The average molecular weight is 560 g/mol. The molecule has 3 aromatic carbocycles. The van der Waals surface area contributed by atoms with Crippen molar-refractivity contribution in [1.29, 1.82) is 5.26 Å². The first-order chi connectivity index (χ1) is 15.3. The highest BCUT2D eigenvalue weighted by Gasteiger charge is 2.19. The van der Waals surface area contributed by atoms with Crippen LogP contribution in [-0.2, 0) is 14.9 Å². The van der Waals surface area contributed by atoms with E-state index in [9.17, 15) is 18.5 Å². The van der Waals surface area contributed by atoms with Crippen molar-refractivity contribution >= 4 is 50.4 Å². The lowest BCUT2D eigenvalue weighted by molar-refractivity contribution is -0.112. The first-order valence-corrected chi connectivity index (χ1v) is 11.7. The van der Waals surface area contributed by atoms with E-state index in [1.807, 2.05) is 12.1 Å². The molecule has 7 nitrogen and oxygen atoms in total. The molecule has 0 saturated carbocycles. The number of nitrogens with zero attached hydrogens (tertiary/aromatic N) is 1. The third-order valence-corrected chi connectivity index (χ3v) is 6.10. The summed E-state index contributed by atoms with van der Waals surface area (Å²) in [6.45, 7) is 0. The monoisotopic (exact) mass is 560 g/mol. The molecule has 0 radical (unpaired) electrons. The van der Waals surface area contributed by atoms with Gasteiger partial charge in [0, 0.05) is 9.26 Å². The Hall–Kier alpha value is -3.36. The maximum atomic E-state index is 12.6. The zero-order chi connectivity index (χ0) is 23.1. The Morgan fingerprint density at radius 2 is 1.78 bits per heavy atom. The summed E-state index contributed by atoms with van der Waals surface area (Å²) in [6.07, 6.45) is 1.34. The summed E-state index contributed by atoms with van der Waals surface area (Å²) in [5, 5.41) is 12.1. The van der Waals surface area contributed by atoms with Gasteiger partial charge >= 0.3 is 10.1 Å². The van der Waals surface area contributed by atoms with E-state index in [1.165, 1.54) is 37.5 Å². The molecule has 3 rings (SSSR count). The predicted octanol–water partition coefficient (Wildman–Crippen LogP) is 4.61. The van der Waals surface area contributed by atoms with Gasteiger partial charge < -0.3 is 14.2 Å². The molecular weight excluding hydrogens is 543 g/mol. The summed E-state index contributed by atoms with van der Waals surface area (Å²) in [4.78, 5) is 12.5. The number of amides is 1. The van der Waals surface area contributed by atoms with Gasteiger partial charge in [0.25, 0.3) is 5.91 Å². The van der Waals surface area contributed by atoms with E-state index < -0.39 is 16.0 Å². The second-order valence-electron chi connectivity index (χ2n) is 6.40. The van der Waals surface area contributed by atoms with Gasteiger partial charge in [0.05, 0.1) is 7.11 Å². The van der Waals surface area contributed by atoms with E-state index >= 15 is 0 Å². The fraction of sp³-hybridized carbons (Fsp3) is 0.0435. The highest BCUT2D eigenvalue weighted by Crippen LogP contribution is 2.31. The van der Waals surface area contributed by atoms with Crippen molar-refractivity contribution in [3.05, 3.63) is 87.5 Å². The molecule has 0 atom stereocenters. The maximum absolute atomic E-state index is 12.6. The lowest BCUT2D eigenvalue weighted by Gasteiger charge is -2.11. The number of nitrogens with one attached hydrogen (secondary N) is 1. The topological polar surface area (TPSA) is 105 Å². The van der Waals surface area contributed by atoms with E-state index in [-0.39, 0.29) is 22.0 Å². The summed E-state index contributed by atoms with van der Waals surface area (Å²) in [7, 11) is -2.73. The van der Waals surface area contributed by atoms with Crippen LogP contribution in [0, 0.1) is 14.9 Å². The molecule has 0 aliphatic rings. The summed E-state index contributed by atoms with van der Waals surface area (Å²) in [5.41, 5.74) is 0.778. The molecule has 32 heavy (non-hydrogen) atoms. The number of ether oxygens (including phenoxy) is 1. The molecule has 1 N–H and O–H groups in total. The molecule has 0 unspecified atom stereocenters. The number of benzene rings is 3. The molecule has 0 heterocycles. The molecule has 0 aliphatic heterocycles. The van der Waals surface area contributed by atoms with Gasteiger partial charge in [-0.15, -0.1) is 0 Å².